The smallest absolute Gasteiger partial charge is 0.410 e. The SMILES string of the molecule is C[C@H]1Cn2ncc(NCC#N)c2CN1C(=O)OC(C)(C)C. The molecule has 2 heterocycles. The number of nitriles is 1. The number of hydrogen-bond donors (Lipinski definition) is 1. The minimum atomic E-state index is -0.517. The maximum Gasteiger partial charge on any atom is 0.410 e. The van der Waals surface area contributed by atoms with Crippen LogP contribution in [0.15, 0.2) is 6.20 Å². The van der Waals surface area contributed by atoms with Crippen LogP contribution in [0.3, 0.4) is 0 Å². The molecule has 7 nitrogen and oxygen atoms in total. The first kappa shape index (κ1) is 15.2. The second-order valence-corrected chi connectivity index (χ2v) is 6.16. The summed E-state index contributed by atoms with van der Waals surface area (Å²) in [7, 11) is 0. The molecule has 1 aromatic heterocycles. The molecule has 1 aromatic rings. The number of amides is 1. The van der Waals surface area contributed by atoms with E-state index in [2.05, 4.69) is 10.4 Å². The van der Waals surface area contributed by atoms with Gasteiger partial charge < -0.3 is 10.1 Å². The van der Waals surface area contributed by atoms with E-state index < -0.39 is 5.60 Å². The van der Waals surface area contributed by atoms with Gasteiger partial charge in [0.2, 0.25) is 0 Å². The van der Waals surface area contributed by atoms with E-state index in [1.165, 1.54) is 0 Å². The Bertz CT molecular complexity index is 567. The van der Waals surface area contributed by atoms with E-state index in [1.807, 2.05) is 38.4 Å². The van der Waals surface area contributed by atoms with Crippen molar-refractivity contribution in [3.63, 3.8) is 0 Å². The summed E-state index contributed by atoms with van der Waals surface area (Å²) >= 11 is 0. The van der Waals surface area contributed by atoms with Crippen LogP contribution in [0.2, 0.25) is 0 Å². The first-order valence-electron chi connectivity index (χ1n) is 6.97. The summed E-state index contributed by atoms with van der Waals surface area (Å²) in [5, 5.41) is 16.0. The monoisotopic (exact) mass is 291 g/mol. The van der Waals surface area contributed by atoms with Crippen LogP contribution in [0, 0.1) is 11.3 Å². The Balaban J connectivity index is 2.16. The fourth-order valence-electron chi connectivity index (χ4n) is 2.25. The summed E-state index contributed by atoms with van der Waals surface area (Å²) in [6.07, 6.45) is 1.37. The number of carbonyl (C=O) groups excluding carboxylic acids is 1. The quantitative estimate of drug-likeness (QED) is 0.842. The topological polar surface area (TPSA) is 83.2 Å². The first-order valence-corrected chi connectivity index (χ1v) is 6.97. The molecule has 1 amide bonds. The van der Waals surface area contributed by atoms with Crippen LogP contribution in [-0.2, 0) is 17.8 Å². The Hall–Kier alpha value is -2.23. The van der Waals surface area contributed by atoms with Crippen molar-refractivity contribution in [3.05, 3.63) is 11.9 Å². The van der Waals surface area contributed by atoms with Gasteiger partial charge in [-0.3, -0.25) is 9.58 Å². The molecule has 1 N–H and O–H groups in total. The van der Waals surface area contributed by atoms with E-state index >= 15 is 0 Å². The lowest BCUT2D eigenvalue weighted by Crippen LogP contribution is -2.47. The largest absolute Gasteiger partial charge is 0.444 e. The standard InChI is InChI=1S/C14H21N5O2/c1-10-8-19-12(11(7-17-19)16-6-5-15)9-18(10)13(20)21-14(2,3)4/h7,10,16H,6,8-9H2,1-4H3/t10-/m0/s1. The van der Waals surface area contributed by atoms with Gasteiger partial charge in [0, 0.05) is 0 Å². The molecule has 0 aliphatic carbocycles. The van der Waals surface area contributed by atoms with Crippen molar-refractivity contribution in [1.29, 1.82) is 5.26 Å². The van der Waals surface area contributed by atoms with Crippen molar-refractivity contribution in [3.8, 4) is 6.07 Å². The lowest BCUT2D eigenvalue weighted by molar-refractivity contribution is 0.00915. The molecule has 114 valence electrons. The molecule has 1 atom stereocenters. The fourth-order valence-corrected chi connectivity index (χ4v) is 2.25. The maximum atomic E-state index is 12.3. The van der Waals surface area contributed by atoms with Crippen molar-refractivity contribution < 1.29 is 9.53 Å². The van der Waals surface area contributed by atoms with Gasteiger partial charge in [0.25, 0.3) is 0 Å². The number of carbonyl (C=O) groups is 1. The van der Waals surface area contributed by atoms with Crippen LogP contribution in [0.4, 0.5) is 10.5 Å². The Morgan fingerprint density at radius 1 is 1.62 bits per heavy atom. The van der Waals surface area contributed by atoms with Crippen molar-refractivity contribution in [2.24, 2.45) is 0 Å². The van der Waals surface area contributed by atoms with Gasteiger partial charge in [-0.05, 0) is 27.7 Å². The molecule has 0 fully saturated rings. The molecule has 2 rings (SSSR count). The van der Waals surface area contributed by atoms with Crippen LogP contribution in [-0.4, -0.2) is 39.0 Å². The number of nitrogens with zero attached hydrogens (tertiary/aromatic N) is 4. The molecule has 0 saturated heterocycles. The fraction of sp³-hybridized carbons (Fsp3) is 0.643. The van der Waals surface area contributed by atoms with Crippen LogP contribution in [0.1, 0.15) is 33.4 Å². The summed E-state index contributed by atoms with van der Waals surface area (Å²) in [6, 6.07) is 2.04. The molecule has 0 saturated carbocycles. The molecular weight excluding hydrogens is 270 g/mol. The lowest BCUT2D eigenvalue weighted by Gasteiger charge is -2.35. The molecule has 1 aliphatic heterocycles. The number of anilines is 1. The van der Waals surface area contributed by atoms with Gasteiger partial charge in [0.1, 0.15) is 12.1 Å². The summed E-state index contributed by atoms with van der Waals surface area (Å²) in [4.78, 5) is 14.0. The Morgan fingerprint density at radius 3 is 2.95 bits per heavy atom. The average Bonchev–Trinajstić information content (AvgIpc) is 2.75. The first-order chi connectivity index (χ1) is 9.81. The van der Waals surface area contributed by atoms with Crippen LogP contribution in [0.25, 0.3) is 0 Å². The molecule has 0 aromatic carbocycles. The van der Waals surface area contributed by atoms with E-state index in [-0.39, 0.29) is 18.7 Å². The van der Waals surface area contributed by atoms with Gasteiger partial charge in [-0.15, -0.1) is 0 Å². The Morgan fingerprint density at radius 2 is 2.33 bits per heavy atom. The van der Waals surface area contributed by atoms with Crippen molar-refractivity contribution in [1.82, 2.24) is 14.7 Å². The molecule has 1 aliphatic rings. The average molecular weight is 291 g/mol. The van der Waals surface area contributed by atoms with Crippen molar-refractivity contribution in [2.75, 3.05) is 11.9 Å². The van der Waals surface area contributed by atoms with Crippen molar-refractivity contribution in [2.45, 2.75) is 52.4 Å². The molecular formula is C14H21N5O2. The molecule has 0 bridgehead atoms. The van der Waals surface area contributed by atoms with Crippen LogP contribution >= 0.6 is 0 Å². The van der Waals surface area contributed by atoms with Gasteiger partial charge in [0.05, 0.1) is 42.8 Å². The highest BCUT2D eigenvalue weighted by molar-refractivity contribution is 5.69. The van der Waals surface area contributed by atoms with Gasteiger partial charge in [-0.25, -0.2) is 4.79 Å². The summed E-state index contributed by atoms with van der Waals surface area (Å²) in [5.41, 5.74) is 1.17. The van der Waals surface area contributed by atoms with Gasteiger partial charge in [0.15, 0.2) is 0 Å². The van der Waals surface area contributed by atoms with Gasteiger partial charge >= 0.3 is 6.09 Å². The molecule has 0 spiro atoms. The Labute approximate surface area is 124 Å². The van der Waals surface area contributed by atoms with Gasteiger partial charge in [-0.1, -0.05) is 0 Å². The van der Waals surface area contributed by atoms with E-state index in [9.17, 15) is 4.79 Å². The van der Waals surface area contributed by atoms with Crippen LogP contribution < -0.4 is 5.32 Å². The van der Waals surface area contributed by atoms with E-state index in [1.54, 1.807) is 11.1 Å². The minimum absolute atomic E-state index is 0.0102. The second kappa shape index (κ2) is 5.64. The Kier molecular flexibility index (Phi) is 4.07. The number of fused-ring (bicyclic) bond motifs is 1. The summed E-state index contributed by atoms with van der Waals surface area (Å²) in [6.45, 7) is 8.77. The lowest BCUT2D eigenvalue weighted by atomic mass is 10.2. The number of hydrogen-bond acceptors (Lipinski definition) is 5. The zero-order valence-electron chi connectivity index (χ0n) is 12.9. The van der Waals surface area contributed by atoms with Gasteiger partial charge in [-0.2, -0.15) is 10.4 Å². The zero-order chi connectivity index (χ0) is 15.6. The van der Waals surface area contributed by atoms with E-state index in [0.29, 0.717) is 13.1 Å². The van der Waals surface area contributed by atoms with Crippen molar-refractivity contribution >= 4 is 11.8 Å². The number of rotatable bonds is 2. The highest BCUT2D eigenvalue weighted by Crippen LogP contribution is 2.25. The highest BCUT2D eigenvalue weighted by Gasteiger charge is 2.32. The maximum absolute atomic E-state index is 12.3. The highest BCUT2D eigenvalue weighted by atomic mass is 16.6. The minimum Gasteiger partial charge on any atom is -0.444 e. The molecule has 7 heteroatoms. The number of aromatic nitrogens is 2. The molecule has 0 unspecified atom stereocenters. The number of ether oxygens (including phenoxy) is 1. The molecule has 21 heavy (non-hydrogen) atoms. The second-order valence-electron chi connectivity index (χ2n) is 6.16. The van der Waals surface area contributed by atoms with E-state index in [4.69, 9.17) is 10.00 Å². The zero-order valence-corrected chi connectivity index (χ0v) is 12.9. The summed E-state index contributed by atoms with van der Waals surface area (Å²) < 4.78 is 7.31. The molecule has 0 radical (unpaired) electrons. The third-order valence-electron chi connectivity index (χ3n) is 3.22. The van der Waals surface area contributed by atoms with Crippen LogP contribution in [0.5, 0.6) is 0 Å². The predicted molar refractivity (Wildman–Crippen MR) is 77.6 cm³/mol. The third-order valence-corrected chi connectivity index (χ3v) is 3.22. The normalized spacial score (nSPS) is 17.9. The number of nitrogens with one attached hydrogen (secondary N) is 1. The third kappa shape index (κ3) is 3.45. The summed E-state index contributed by atoms with van der Waals surface area (Å²) in [5.74, 6) is 0. The van der Waals surface area contributed by atoms with E-state index in [0.717, 1.165) is 11.4 Å². The predicted octanol–water partition coefficient (Wildman–Crippen LogP) is 1.96.